The Balaban J connectivity index is 1.42. The number of hydrogen-bond donors (Lipinski definition) is 2. The van der Waals surface area contributed by atoms with Gasteiger partial charge in [0.15, 0.2) is 10.1 Å². The summed E-state index contributed by atoms with van der Waals surface area (Å²) in [5.41, 5.74) is 9.23. The smallest absolute Gasteiger partial charge is 0.234 e. The van der Waals surface area contributed by atoms with Gasteiger partial charge in [-0.1, -0.05) is 46.8 Å². The molecule has 1 amide bonds. The number of ketones is 1. The first-order valence-corrected chi connectivity index (χ1v) is 13.8. The third kappa shape index (κ3) is 5.15. The Hall–Kier alpha value is -3.72. The van der Waals surface area contributed by atoms with Gasteiger partial charge in [-0.05, 0) is 54.8 Å². The lowest BCUT2D eigenvalue weighted by atomic mass is 9.76. The van der Waals surface area contributed by atoms with E-state index in [9.17, 15) is 19.2 Å². The monoisotopic (exact) mass is 566 g/mol. The second-order valence-electron chi connectivity index (χ2n) is 8.57. The van der Waals surface area contributed by atoms with Gasteiger partial charge in [0.2, 0.25) is 11.0 Å². The number of rotatable bonds is 6. The summed E-state index contributed by atoms with van der Waals surface area (Å²) in [7, 11) is 0. The topological polar surface area (TPSA) is 125 Å². The van der Waals surface area contributed by atoms with Crippen molar-refractivity contribution in [2.45, 2.75) is 29.5 Å². The molecule has 192 valence electrons. The lowest BCUT2D eigenvalue weighted by Gasteiger charge is -2.38. The van der Waals surface area contributed by atoms with E-state index >= 15 is 0 Å². The molecule has 0 bridgehead atoms. The van der Waals surface area contributed by atoms with Crippen molar-refractivity contribution in [3.05, 3.63) is 87.6 Å². The van der Waals surface area contributed by atoms with Gasteiger partial charge in [0.05, 0.1) is 23.3 Å². The summed E-state index contributed by atoms with van der Waals surface area (Å²) in [5.74, 6) is -1.08. The Kier molecular flexibility index (Phi) is 7.46. The van der Waals surface area contributed by atoms with Crippen LogP contribution in [-0.2, 0) is 9.59 Å². The van der Waals surface area contributed by atoms with Gasteiger partial charge in [-0.15, -0.1) is 10.2 Å². The van der Waals surface area contributed by atoms with Crippen molar-refractivity contribution in [1.82, 2.24) is 10.2 Å². The number of nitrogens with two attached hydrogens (primary N) is 1. The molecule has 1 atom stereocenters. The molecule has 5 rings (SSSR count). The summed E-state index contributed by atoms with van der Waals surface area (Å²) < 4.78 is 13.6. The van der Waals surface area contributed by atoms with Crippen molar-refractivity contribution in [3.63, 3.8) is 0 Å². The Morgan fingerprint density at radius 3 is 2.79 bits per heavy atom. The molecule has 1 aliphatic heterocycles. The standard InChI is InChI=1S/C26H20ClFN6O2S2/c27-15-4-1-3-14(11-15)22-18(12-29)24(30)34(19-5-2-6-20(35)23(19)22)25-32-33-26(38-25)37-13-21(36)31-17-9-7-16(28)8-10-17/h1,3-4,7-11,22H,2,5-6,13,30H2,(H,31,36). The SMILES string of the molecule is N#CC1=C(N)N(c2nnc(SCC(=O)Nc3ccc(F)cc3)s2)C2=C(C(=O)CCC2)C1c1cccc(Cl)c1. The number of thioether (sulfide) groups is 1. The van der Waals surface area contributed by atoms with Crippen LogP contribution in [0, 0.1) is 17.1 Å². The minimum absolute atomic E-state index is 0.0435. The molecule has 2 aromatic carbocycles. The van der Waals surface area contributed by atoms with Crippen LogP contribution in [0.2, 0.25) is 5.02 Å². The highest BCUT2D eigenvalue weighted by atomic mass is 35.5. The fraction of sp³-hybridized carbons (Fsp3) is 0.192. The zero-order valence-corrected chi connectivity index (χ0v) is 22.2. The van der Waals surface area contributed by atoms with Crippen LogP contribution in [0.25, 0.3) is 0 Å². The highest BCUT2D eigenvalue weighted by Gasteiger charge is 2.41. The van der Waals surface area contributed by atoms with Crippen LogP contribution >= 0.6 is 34.7 Å². The molecular weight excluding hydrogens is 547 g/mol. The molecule has 12 heteroatoms. The predicted molar refractivity (Wildman–Crippen MR) is 145 cm³/mol. The summed E-state index contributed by atoms with van der Waals surface area (Å²) in [6, 6.07) is 14.8. The maximum atomic E-state index is 13.2. The van der Waals surface area contributed by atoms with Crippen molar-refractivity contribution in [3.8, 4) is 6.07 Å². The van der Waals surface area contributed by atoms with E-state index in [-0.39, 0.29) is 34.7 Å². The number of nitrogens with zero attached hydrogens (tertiary/aromatic N) is 4. The maximum absolute atomic E-state index is 13.2. The molecule has 2 aliphatic rings. The van der Waals surface area contributed by atoms with Crippen molar-refractivity contribution in [1.29, 1.82) is 5.26 Å². The van der Waals surface area contributed by atoms with Gasteiger partial charge < -0.3 is 11.1 Å². The molecule has 1 aliphatic carbocycles. The molecule has 0 spiro atoms. The predicted octanol–water partition coefficient (Wildman–Crippen LogP) is 5.37. The summed E-state index contributed by atoms with van der Waals surface area (Å²) in [6.45, 7) is 0. The van der Waals surface area contributed by atoms with E-state index in [1.54, 1.807) is 23.1 Å². The molecule has 1 aromatic heterocycles. The Morgan fingerprint density at radius 1 is 1.26 bits per heavy atom. The van der Waals surface area contributed by atoms with Gasteiger partial charge in [0, 0.05) is 28.4 Å². The van der Waals surface area contributed by atoms with Crippen LogP contribution in [0.4, 0.5) is 15.2 Å². The number of halogens is 2. The largest absolute Gasteiger partial charge is 0.384 e. The molecule has 38 heavy (non-hydrogen) atoms. The maximum Gasteiger partial charge on any atom is 0.234 e. The van der Waals surface area contributed by atoms with E-state index in [0.29, 0.717) is 50.7 Å². The summed E-state index contributed by atoms with van der Waals surface area (Å²) in [4.78, 5) is 27.2. The van der Waals surface area contributed by atoms with E-state index in [2.05, 4.69) is 21.6 Å². The molecular formula is C26H20ClFN6O2S2. The van der Waals surface area contributed by atoms with Crippen LogP contribution in [-0.4, -0.2) is 27.6 Å². The molecule has 1 unspecified atom stereocenters. The number of nitriles is 1. The highest BCUT2D eigenvalue weighted by Crippen LogP contribution is 2.47. The molecule has 3 aromatic rings. The Morgan fingerprint density at radius 2 is 2.05 bits per heavy atom. The third-order valence-corrected chi connectivity index (χ3v) is 8.41. The number of carbonyl (C=O) groups is 2. The highest BCUT2D eigenvalue weighted by molar-refractivity contribution is 8.01. The van der Waals surface area contributed by atoms with E-state index in [0.717, 1.165) is 5.56 Å². The lowest BCUT2D eigenvalue weighted by molar-refractivity contribution is -0.116. The average Bonchev–Trinajstić information content (AvgIpc) is 3.37. The number of allylic oxidation sites excluding steroid dienone is 3. The number of aromatic nitrogens is 2. The van der Waals surface area contributed by atoms with Crippen LogP contribution in [0.1, 0.15) is 30.7 Å². The Bertz CT molecular complexity index is 1530. The molecule has 2 heterocycles. The van der Waals surface area contributed by atoms with Gasteiger partial charge in [0.25, 0.3) is 0 Å². The number of nitrogens with one attached hydrogen (secondary N) is 1. The van der Waals surface area contributed by atoms with Gasteiger partial charge >= 0.3 is 0 Å². The molecule has 0 saturated carbocycles. The first-order valence-electron chi connectivity index (χ1n) is 11.6. The fourth-order valence-electron chi connectivity index (χ4n) is 4.53. The molecule has 0 saturated heterocycles. The quantitative estimate of drug-likeness (QED) is 0.382. The fourth-order valence-corrected chi connectivity index (χ4v) is 6.41. The number of hydrogen-bond acceptors (Lipinski definition) is 9. The number of Topliss-reactive ketones (excluding diaryl/α,β-unsaturated/α-hetero) is 1. The minimum atomic E-state index is -0.616. The van der Waals surface area contributed by atoms with Crippen LogP contribution in [0.3, 0.4) is 0 Å². The van der Waals surface area contributed by atoms with Gasteiger partial charge in [-0.2, -0.15) is 5.26 Å². The van der Waals surface area contributed by atoms with Crippen molar-refractivity contribution in [2.24, 2.45) is 5.73 Å². The molecule has 0 radical (unpaired) electrons. The van der Waals surface area contributed by atoms with Crippen molar-refractivity contribution in [2.75, 3.05) is 16.0 Å². The molecule has 8 nitrogen and oxygen atoms in total. The summed E-state index contributed by atoms with van der Waals surface area (Å²) >= 11 is 8.62. The zero-order chi connectivity index (χ0) is 26.8. The van der Waals surface area contributed by atoms with Crippen molar-refractivity contribution >= 4 is 57.2 Å². The minimum Gasteiger partial charge on any atom is -0.384 e. The number of benzene rings is 2. The first-order chi connectivity index (χ1) is 18.4. The van der Waals surface area contributed by atoms with Crippen LogP contribution < -0.4 is 16.0 Å². The molecule has 3 N–H and O–H groups in total. The van der Waals surface area contributed by atoms with Gasteiger partial charge in [0.1, 0.15) is 11.6 Å². The van der Waals surface area contributed by atoms with E-state index < -0.39 is 5.92 Å². The van der Waals surface area contributed by atoms with Gasteiger partial charge in [-0.3, -0.25) is 14.5 Å². The van der Waals surface area contributed by atoms with Crippen LogP contribution in [0.15, 0.2) is 75.5 Å². The number of anilines is 2. The summed E-state index contributed by atoms with van der Waals surface area (Å²) in [6.07, 6.45) is 1.61. The second kappa shape index (κ2) is 10.9. The average molecular weight is 567 g/mol. The van der Waals surface area contributed by atoms with E-state index in [4.69, 9.17) is 17.3 Å². The van der Waals surface area contributed by atoms with E-state index in [1.165, 1.54) is 47.4 Å². The Labute approximate surface area is 231 Å². The van der Waals surface area contributed by atoms with Gasteiger partial charge in [-0.25, -0.2) is 4.39 Å². The van der Waals surface area contributed by atoms with Crippen molar-refractivity contribution < 1.29 is 14.0 Å². The second-order valence-corrected chi connectivity index (χ2v) is 11.2. The number of amides is 1. The third-order valence-electron chi connectivity index (χ3n) is 6.14. The molecule has 0 fully saturated rings. The zero-order valence-electron chi connectivity index (χ0n) is 19.8. The van der Waals surface area contributed by atoms with E-state index in [1.807, 2.05) is 6.07 Å². The normalized spacial score (nSPS) is 17.3. The number of carbonyl (C=O) groups excluding carboxylic acids is 2. The van der Waals surface area contributed by atoms with Crippen LogP contribution in [0.5, 0.6) is 0 Å². The summed E-state index contributed by atoms with van der Waals surface area (Å²) in [5, 5.41) is 22.2. The lowest BCUT2D eigenvalue weighted by Crippen LogP contribution is -2.38. The first kappa shape index (κ1) is 25.9.